The molecule has 0 unspecified atom stereocenters. The van der Waals surface area contributed by atoms with E-state index in [4.69, 9.17) is 9.05 Å². The van der Waals surface area contributed by atoms with Crippen molar-refractivity contribution in [3.8, 4) is 17.2 Å². The van der Waals surface area contributed by atoms with Gasteiger partial charge in [0.05, 0.1) is 0 Å². The second-order valence-electron chi connectivity index (χ2n) is 4.37. The number of aromatic hydroxyl groups is 2. The van der Waals surface area contributed by atoms with Gasteiger partial charge in [0.1, 0.15) is 0 Å². The van der Waals surface area contributed by atoms with Gasteiger partial charge in [0, 0.05) is 0 Å². The minimum atomic E-state index is -2.72. The quantitative estimate of drug-likeness (QED) is 0.503. The molecule has 0 aliphatic heterocycles. The van der Waals surface area contributed by atoms with Gasteiger partial charge >= 0.3 is 118 Å². The van der Waals surface area contributed by atoms with Gasteiger partial charge in [-0.3, -0.25) is 0 Å². The molecule has 0 saturated heterocycles. The van der Waals surface area contributed by atoms with Crippen molar-refractivity contribution >= 4 is 20.5 Å². The summed E-state index contributed by atoms with van der Waals surface area (Å²) in [6.45, 7) is 3.59. The molecular weight excluding hydrogens is 274 g/mol. The van der Waals surface area contributed by atoms with Gasteiger partial charge in [-0.05, 0) is 0 Å². The first-order chi connectivity index (χ1) is 9.53. The molecule has 2 rings (SSSR count). The number of benzene rings is 2. The summed E-state index contributed by atoms with van der Waals surface area (Å²) in [5.41, 5.74) is 0. The van der Waals surface area contributed by atoms with E-state index in [0.717, 1.165) is 5.30 Å². The SMILES string of the molecule is B[PH](OC=C)(Oc1ccc(O)cc1)c1ccc(O)cc1. The second kappa shape index (κ2) is 5.89. The molecule has 104 valence electrons. The van der Waals surface area contributed by atoms with Gasteiger partial charge in [-0.15, -0.1) is 0 Å². The maximum absolute atomic E-state index is 9.36. The summed E-state index contributed by atoms with van der Waals surface area (Å²) in [6, 6.07) is 13.2. The molecular formula is C14H16BO4P. The van der Waals surface area contributed by atoms with Gasteiger partial charge in [-0.25, -0.2) is 0 Å². The van der Waals surface area contributed by atoms with Crippen molar-refractivity contribution in [1.82, 2.24) is 0 Å². The van der Waals surface area contributed by atoms with E-state index in [1.807, 2.05) is 7.57 Å². The standard InChI is InChI=1S/C14H16BO4P/c1-2-18-20(15,14-9-5-12(17)6-10-14)19-13-7-3-11(16)4-8-13/h2-10,16-17,20H,1,15H2. The van der Waals surface area contributed by atoms with Crippen LogP contribution in [0.3, 0.4) is 0 Å². The summed E-state index contributed by atoms with van der Waals surface area (Å²) in [5, 5.41) is 19.5. The van der Waals surface area contributed by atoms with Crippen LogP contribution in [0.4, 0.5) is 0 Å². The van der Waals surface area contributed by atoms with E-state index >= 15 is 0 Å². The van der Waals surface area contributed by atoms with Gasteiger partial charge in [-0.2, -0.15) is 0 Å². The van der Waals surface area contributed by atoms with Crippen LogP contribution >= 0.6 is 7.59 Å². The van der Waals surface area contributed by atoms with Crippen LogP contribution in [0.25, 0.3) is 0 Å². The van der Waals surface area contributed by atoms with Crippen LogP contribution in [0.2, 0.25) is 0 Å². The number of rotatable bonds is 5. The van der Waals surface area contributed by atoms with Crippen LogP contribution < -0.4 is 9.83 Å². The zero-order valence-electron chi connectivity index (χ0n) is 11.1. The van der Waals surface area contributed by atoms with Gasteiger partial charge in [0.2, 0.25) is 0 Å². The Hall–Kier alpha value is -2.13. The Labute approximate surface area is 119 Å². The Morgan fingerprint density at radius 2 is 1.45 bits per heavy atom. The summed E-state index contributed by atoms with van der Waals surface area (Å²) in [6.07, 6.45) is 1.36. The molecule has 0 bridgehead atoms. The molecule has 0 aromatic heterocycles. The third kappa shape index (κ3) is 3.25. The Morgan fingerprint density at radius 3 is 1.95 bits per heavy atom. The fraction of sp³-hybridized carbons (Fsp3) is 0. The van der Waals surface area contributed by atoms with E-state index in [0.29, 0.717) is 5.75 Å². The molecule has 0 spiro atoms. The predicted octanol–water partition coefficient (Wildman–Crippen LogP) is 2.09. The van der Waals surface area contributed by atoms with E-state index in [-0.39, 0.29) is 11.5 Å². The summed E-state index contributed by atoms with van der Waals surface area (Å²) < 4.78 is 11.6. The van der Waals surface area contributed by atoms with Crippen molar-refractivity contribution in [2.75, 3.05) is 0 Å². The van der Waals surface area contributed by atoms with Crippen LogP contribution in [0.15, 0.2) is 61.4 Å². The zero-order chi connectivity index (χ0) is 14.6. The number of hydrogen-bond donors (Lipinski definition) is 2. The van der Waals surface area contributed by atoms with Gasteiger partial charge < -0.3 is 0 Å². The number of hydrogen-bond acceptors (Lipinski definition) is 4. The van der Waals surface area contributed by atoms with Crippen LogP contribution in [0.1, 0.15) is 0 Å². The Balaban J connectivity index is 2.31. The Morgan fingerprint density at radius 1 is 0.950 bits per heavy atom. The molecule has 0 atom stereocenters. The average Bonchev–Trinajstić information content (AvgIpc) is 2.42. The third-order valence-corrected chi connectivity index (χ3v) is 5.47. The fourth-order valence-electron chi connectivity index (χ4n) is 1.81. The van der Waals surface area contributed by atoms with Crippen molar-refractivity contribution in [2.45, 2.75) is 0 Å². The van der Waals surface area contributed by atoms with E-state index in [9.17, 15) is 10.2 Å². The van der Waals surface area contributed by atoms with Crippen LogP contribution in [-0.2, 0) is 4.52 Å². The first-order valence-corrected chi connectivity index (χ1v) is 8.41. The minimum absolute atomic E-state index is 0.176. The summed E-state index contributed by atoms with van der Waals surface area (Å²) in [7, 11) is -0.835. The van der Waals surface area contributed by atoms with Crippen LogP contribution in [-0.4, -0.2) is 17.8 Å². The average molecular weight is 290 g/mol. The van der Waals surface area contributed by atoms with Crippen LogP contribution in [0.5, 0.6) is 17.2 Å². The monoisotopic (exact) mass is 290 g/mol. The molecule has 2 aromatic carbocycles. The summed E-state index contributed by atoms with van der Waals surface area (Å²) >= 11 is 0. The van der Waals surface area contributed by atoms with Crippen molar-refractivity contribution in [1.29, 1.82) is 0 Å². The molecule has 0 fully saturated rings. The van der Waals surface area contributed by atoms with Crippen molar-refractivity contribution in [3.05, 3.63) is 61.4 Å². The molecule has 20 heavy (non-hydrogen) atoms. The molecule has 0 heterocycles. The molecule has 0 aliphatic rings. The second-order valence-corrected chi connectivity index (χ2v) is 7.28. The van der Waals surface area contributed by atoms with Gasteiger partial charge in [0.25, 0.3) is 0 Å². The zero-order valence-corrected chi connectivity index (χ0v) is 12.1. The van der Waals surface area contributed by atoms with Crippen molar-refractivity contribution in [2.24, 2.45) is 0 Å². The molecule has 0 radical (unpaired) electrons. The molecule has 4 nitrogen and oxygen atoms in total. The molecule has 2 aromatic rings. The molecule has 0 amide bonds. The Kier molecular flexibility index (Phi) is 4.21. The van der Waals surface area contributed by atoms with E-state index in [1.54, 1.807) is 48.5 Å². The molecule has 0 saturated carbocycles. The molecule has 0 aliphatic carbocycles. The number of phenols is 2. The molecule has 6 heteroatoms. The number of phenolic OH excluding ortho intramolecular Hbond substituents is 2. The Bertz CT molecular complexity index is 585. The van der Waals surface area contributed by atoms with Crippen LogP contribution in [0, 0.1) is 0 Å². The third-order valence-electron chi connectivity index (χ3n) is 2.85. The van der Waals surface area contributed by atoms with E-state index in [2.05, 4.69) is 6.58 Å². The van der Waals surface area contributed by atoms with Gasteiger partial charge in [0.15, 0.2) is 0 Å². The summed E-state index contributed by atoms with van der Waals surface area (Å²) in [4.78, 5) is 0. The predicted molar refractivity (Wildman–Crippen MR) is 84.6 cm³/mol. The van der Waals surface area contributed by atoms with E-state index < -0.39 is 7.59 Å². The van der Waals surface area contributed by atoms with E-state index in [1.165, 1.54) is 6.26 Å². The topological polar surface area (TPSA) is 58.9 Å². The van der Waals surface area contributed by atoms with Gasteiger partial charge in [-0.1, -0.05) is 0 Å². The first-order valence-electron chi connectivity index (χ1n) is 6.10. The normalized spacial score (nSPS) is 11.6. The fourth-order valence-corrected chi connectivity index (χ4v) is 3.79. The maximum atomic E-state index is 9.36. The van der Waals surface area contributed by atoms with Crippen molar-refractivity contribution in [3.63, 3.8) is 0 Å². The molecule has 2 N–H and O–H groups in total. The van der Waals surface area contributed by atoms with Crippen molar-refractivity contribution < 1.29 is 19.3 Å². The first kappa shape index (κ1) is 14.3. The summed E-state index contributed by atoms with van der Waals surface area (Å²) in [5.74, 6) is 0.968.